The van der Waals surface area contributed by atoms with Crippen LogP contribution in [0.1, 0.15) is 41.3 Å². The number of benzene rings is 3. The van der Waals surface area contributed by atoms with Crippen LogP contribution in [0.4, 0.5) is 10.1 Å². The van der Waals surface area contributed by atoms with Crippen LogP contribution in [0.5, 0.6) is 0 Å². The number of nitriles is 1. The zero-order valence-corrected chi connectivity index (χ0v) is 18.0. The number of aromatic nitrogens is 3. The second-order valence-corrected chi connectivity index (χ2v) is 7.75. The van der Waals surface area contributed by atoms with Gasteiger partial charge in [0, 0.05) is 0 Å². The van der Waals surface area contributed by atoms with Gasteiger partial charge in [-0.15, -0.1) is 10.2 Å². The summed E-state index contributed by atoms with van der Waals surface area (Å²) in [6.07, 6.45) is 3.32. The standard InChI is InChI=1S/C24H19ClFN5O/c1-2-3-4-15-5-8-17(9-6-15)31-29-22-12-19(25)21(13-23(22)30-31)28-24(32)18-10-7-16(14-27)11-20(18)26/h5-13H,2-4H2,1H3,(H,28,32). The maximum Gasteiger partial charge on any atom is 0.258 e. The van der Waals surface area contributed by atoms with Crippen LogP contribution in [0, 0.1) is 17.1 Å². The van der Waals surface area contributed by atoms with E-state index in [-0.39, 0.29) is 21.8 Å². The lowest BCUT2D eigenvalue weighted by atomic mass is 10.1. The summed E-state index contributed by atoms with van der Waals surface area (Å²) in [7, 11) is 0. The fourth-order valence-corrected chi connectivity index (χ4v) is 3.49. The summed E-state index contributed by atoms with van der Waals surface area (Å²) in [4.78, 5) is 14.0. The number of anilines is 1. The van der Waals surface area contributed by atoms with Gasteiger partial charge in [0.25, 0.3) is 5.91 Å². The highest BCUT2D eigenvalue weighted by atomic mass is 35.5. The Morgan fingerprint density at radius 2 is 1.84 bits per heavy atom. The van der Waals surface area contributed by atoms with Gasteiger partial charge in [-0.3, -0.25) is 4.79 Å². The number of aryl methyl sites for hydroxylation is 1. The molecule has 0 radical (unpaired) electrons. The SMILES string of the molecule is CCCCc1ccc(-n2nc3cc(Cl)c(NC(=O)c4ccc(C#N)cc4F)cc3n2)cc1. The largest absolute Gasteiger partial charge is 0.320 e. The number of hydrogen-bond donors (Lipinski definition) is 1. The predicted octanol–water partition coefficient (Wildman–Crippen LogP) is 5.68. The summed E-state index contributed by atoms with van der Waals surface area (Å²) < 4.78 is 14.2. The summed E-state index contributed by atoms with van der Waals surface area (Å²) in [5.41, 5.74) is 3.39. The molecule has 6 nitrogen and oxygen atoms in total. The number of fused-ring (bicyclic) bond motifs is 1. The molecule has 4 rings (SSSR count). The van der Waals surface area contributed by atoms with Crippen LogP contribution in [0.2, 0.25) is 5.02 Å². The van der Waals surface area contributed by atoms with Crippen molar-refractivity contribution in [3.8, 4) is 11.8 Å². The van der Waals surface area contributed by atoms with Crippen molar-refractivity contribution in [1.29, 1.82) is 5.26 Å². The molecule has 0 spiro atoms. The molecule has 3 aromatic carbocycles. The molecule has 0 aliphatic rings. The Kier molecular flexibility index (Phi) is 6.15. The third-order valence-corrected chi connectivity index (χ3v) is 5.36. The zero-order valence-electron chi connectivity index (χ0n) is 17.3. The number of nitrogens with zero attached hydrogens (tertiary/aromatic N) is 4. The first kappa shape index (κ1) is 21.5. The Labute approximate surface area is 189 Å². The summed E-state index contributed by atoms with van der Waals surface area (Å²) in [6.45, 7) is 2.16. The lowest BCUT2D eigenvalue weighted by Gasteiger charge is -2.08. The molecule has 0 saturated carbocycles. The molecule has 32 heavy (non-hydrogen) atoms. The Morgan fingerprint density at radius 3 is 2.50 bits per heavy atom. The van der Waals surface area contributed by atoms with Crippen molar-refractivity contribution in [3.05, 3.63) is 82.1 Å². The zero-order chi connectivity index (χ0) is 22.7. The number of nitrogens with one attached hydrogen (secondary N) is 1. The van der Waals surface area contributed by atoms with Gasteiger partial charge in [-0.05, 0) is 60.9 Å². The highest BCUT2D eigenvalue weighted by Gasteiger charge is 2.16. The molecule has 0 saturated heterocycles. The van der Waals surface area contributed by atoms with Crippen molar-refractivity contribution in [2.45, 2.75) is 26.2 Å². The number of hydrogen-bond acceptors (Lipinski definition) is 4. The third kappa shape index (κ3) is 4.46. The van der Waals surface area contributed by atoms with E-state index in [0.717, 1.165) is 31.0 Å². The molecule has 0 unspecified atom stereocenters. The van der Waals surface area contributed by atoms with Gasteiger partial charge in [-0.1, -0.05) is 37.1 Å². The summed E-state index contributed by atoms with van der Waals surface area (Å²) in [6, 6.07) is 16.7. The second kappa shape index (κ2) is 9.16. The quantitative estimate of drug-likeness (QED) is 0.412. The minimum atomic E-state index is -0.785. The molecule has 8 heteroatoms. The van der Waals surface area contributed by atoms with Gasteiger partial charge in [-0.2, -0.15) is 10.1 Å². The Hall–Kier alpha value is -3.76. The van der Waals surface area contributed by atoms with E-state index in [4.69, 9.17) is 16.9 Å². The summed E-state index contributed by atoms with van der Waals surface area (Å²) in [5.74, 6) is -1.46. The molecule has 0 fully saturated rings. The molecule has 0 aliphatic carbocycles. The highest BCUT2D eigenvalue weighted by molar-refractivity contribution is 6.34. The Balaban J connectivity index is 1.59. The van der Waals surface area contributed by atoms with Crippen LogP contribution in [0.15, 0.2) is 54.6 Å². The average molecular weight is 448 g/mol. The highest BCUT2D eigenvalue weighted by Crippen LogP contribution is 2.28. The van der Waals surface area contributed by atoms with Crippen LogP contribution < -0.4 is 5.32 Å². The van der Waals surface area contributed by atoms with Crippen molar-refractivity contribution in [2.24, 2.45) is 0 Å². The monoisotopic (exact) mass is 447 g/mol. The van der Waals surface area contributed by atoms with Gasteiger partial charge in [-0.25, -0.2) is 4.39 Å². The van der Waals surface area contributed by atoms with E-state index in [1.54, 1.807) is 12.1 Å². The number of carbonyl (C=O) groups excluding carboxylic acids is 1. The van der Waals surface area contributed by atoms with Crippen LogP contribution in [0.3, 0.4) is 0 Å². The van der Waals surface area contributed by atoms with Crippen molar-refractivity contribution in [2.75, 3.05) is 5.32 Å². The van der Waals surface area contributed by atoms with E-state index in [1.807, 2.05) is 18.2 Å². The summed E-state index contributed by atoms with van der Waals surface area (Å²) >= 11 is 6.32. The summed E-state index contributed by atoms with van der Waals surface area (Å²) in [5, 5.41) is 20.6. The first-order chi connectivity index (χ1) is 15.5. The van der Waals surface area contributed by atoms with E-state index >= 15 is 0 Å². The molecule has 0 atom stereocenters. The van der Waals surface area contributed by atoms with Gasteiger partial charge in [0.05, 0.1) is 33.6 Å². The van der Waals surface area contributed by atoms with E-state index in [0.29, 0.717) is 11.0 Å². The first-order valence-electron chi connectivity index (χ1n) is 10.2. The topological polar surface area (TPSA) is 83.6 Å². The molecule has 1 N–H and O–H groups in total. The minimum absolute atomic E-state index is 0.133. The first-order valence-corrected chi connectivity index (χ1v) is 10.5. The Bertz CT molecular complexity index is 1340. The number of carbonyl (C=O) groups is 1. The fraction of sp³-hybridized carbons (Fsp3) is 0.167. The Morgan fingerprint density at radius 1 is 1.12 bits per heavy atom. The number of unbranched alkanes of at least 4 members (excludes halogenated alkanes) is 1. The number of amides is 1. The molecule has 4 aromatic rings. The molecular formula is C24H19ClFN5O. The second-order valence-electron chi connectivity index (χ2n) is 7.34. The lowest BCUT2D eigenvalue weighted by Crippen LogP contribution is -2.14. The van der Waals surface area contributed by atoms with Crippen molar-refractivity contribution in [3.63, 3.8) is 0 Å². The normalized spacial score (nSPS) is 10.8. The smallest absolute Gasteiger partial charge is 0.258 e. The van der Waals surface area contributed by atoms with Gasteiger partial charge in [0.15, 0.2) is 0 Å². The van der Waals surface area contributed by atoms with Gasteiger partial charge >= 0.3 is 0 Å². The molecule has 1 amide bonds. The number of rotatable bonds is 6. The third-order valence-electron chi connectivity index (χ3n) is 5.05. The molecule has 160 valence electrons. The minimum Gasteiger partial charge on any atom is -0.320 e. The van der Waals surface area contributed by atoms with E-state index in [9.17, 15) is 9.18 Å². The lowest BCUT2D eigenvalue weighted by molar-refractivity contribution is 0.102. The molecule has 1 heterocycles. The van der Waals surface area contributed by atoms with Gasteiger partial charge < -0.3 is 5.32 Å². The maximum absolute atomic E-state index is 14.2. The van der Waals surface area contributed by atoms with E-state index < -0.39 is 11.7 Å². The fourth-order valence-electron chi connectivity index (χ4n) is 3.28. The molecule has 0 bridgehead atoms. The predicted molar refractivity (Wildman–Crippen MR) is 122 cm³/mol. The van der Waals surface area contributed by atoms with Crippen molar-refractivity contribution >= 4 is 34.2 Å². The molecule has 0 aliphatic heterocycles. The maximum atomic E-state index is 14.2. The van der Waals surface area contributed by atoms with Crippen LogP contribution in [0.25, 0.3) is 16.7 Å². The van der Waals surface area contributed by atoms with Crippen LogP contribution >= 0.6 is 11.6 Å². The van der Waals surface area contributed by atoms with Crippen LogP contribution in [-0.4, -0.2) is 20.9 Å². The van der Waals surface area contributed by atoms with Gasteiger partial charge in [0.1, 0.15) is 16.9 Å². The van der Waals surface area contributed by atoms with Crippen LogP contribution in [-0.2, 0) is 6.42 Å². The van der Waals surface area contributed by atoms with E-state index in [2.05, 4.69) is 34.6 Å². The van der Waals surface area contributed by atoms with Gasteiger partial charge in [0.2, 0.25) is 0 Å². The average Bonchev–Trinajstić information content (AvgIpc) is 3.20. The van der Waals surface area contributed by atoms with Crippen molar-refractivity contribution < 1.29 is 9.18 Å². The molecule has 1 aromatic heterocycles. The van der Waals surface area contributed by atoms with E-state index in [1.165, 1.54) is 22.5 Å². The van der Waals surface area contributed by atoms with Crippen molar-refractivity contribution in [1.82, 2.24) is 15.0 Å². The number of halogens is 2. The molecular weight excluding hydrogens is 429 g/mol.